The number of benzene rings is 3. The van der Waals surface area contributed by atoms with Crippen LogP contribution < -0.4 is 16.0 Å². The van der Waals surface area contributed by atoms with Crippen LogP contribution in [0.1, 0.15) is 116 Å². The van der Waals surface area contributed by atoms with Crippen molar-refractivity contribution in [2.24, 2.45) is 5.92 Å². The lowest BCUT2D eigenvalue weighted by molar-refractivity contribution is -0.137. The summed E-state index contributed by atoms with van der Waals surface area (Å²) in [6.45, 7) is 1.20. The van der Waals surface area contributed by atoms with Gasteiger partial charge >= 0.3 is 0 Å². The Labute approximate surface area is 363 Å². The topological polar surface area (TPSA) is 145 Å². The van der Waals surface area contributed by atoms with Crippen molar-refractivity contribution in [2.45, 2.75) is 113 Å². The zero-order valence-corrected chi connectivity index (χ0v) is 35.1. The van der Waals surface area contributed by atoms with Gasteiger partial charge in [0, 0.05) is 78.6 Å². The smallest absolute Gasteiger partial charge is 0.255 e. The number of carbonyl (C=O) groups is 6. The Bertz CT molecular complexity index is 2430. The maximum Gasteiger partial charge on any atom is 0.255 e. The van der Waals surface area contributed by atoms with Crippen LogP contribution in [0.25, 0.3) is 0 Å². The number of halogens is 3. The zero-order chi connectivity index (χ0) is 42.6. The van der Waals surface area contributed by atoms with E-state index in [-0.39, 0.29) is 78.1 Å². The number of anilines is 1. The molecule has 0 aromatic heterocycles. The molecule has 0 bridgehead atoms. The van der Waals surface area contributed by atoms with Crippen molar-refractivity contribution in [3.63, 3.8) is 0 Å². The van der Waals surface area contributed by atoms with Crippen LogP contribution in [0.2, 0.25) is 10.0 Å². The molecule has 4 atom stereocenters. The number of fused-ring (bicyclic) bond motifs is 4. The Kier molecular flexibility index (Phi) is 11.0. The minimum Gasteiger partial charge on any atom is -0.343 e. The van der Waals surface area contributed by atoms with Gasteiger partial charge in [0.15, 0.2) is 5.78 Å². The van der Waals surface area contributed by atoms with Crippen molar-refractivity contribution >= 4 is 64.2 Å². The van der Waals surface area contributed by atoms with Gasteiger partial charge in [-0.1, -0.05) is 78.6 Å². The number of hydrogen-bond acceptors (Lipinski definition) is 7. The molecule has 3 aromatic rings. The number of hydrogen-bond donors (Lipinski definition) is 3. The monoisotopic (exact) mass is 865 g/mol. The van der Waals surface area contributed by atoms with Gasteiger partial charge in [0.1, 0.15) is 17.3 Å². The summed E-state index contributed by atoms with van der Waals surface area (Å²) in [6, 6.07) is 13.8. The first-order valence-corrected chi connectivity index (χ1v) is 22.1. The molecule has 6 aliphatic rings. The van der Waals surface area contributed by atoms with Gasteiger partial charge in [-0.25, -0.2) is 4.39 Å². The van der Waals surface area contributed by atoms with Crippen molar-refractivity contribution < 1.29 is 33.2 Å². The molecule has 1 saturated carbocycles. The highest BCUT2D eigenvalue weighted by molar-refractivity contribution is 6.31. The van der Waals surface area contributed by atoms with Crippen molar-refractivity contribution in [3.8, 4) is 11.8 Å². The summed E-state index contributed by atoms with van der Waals surface area (Å²) >= 11 is 12.8. The van der Waals surface area contributed by atoms with Gasteiger partial charge in [0.05, 0.1) is 11.1 Å². The summed E-state index contributed by atoms with van der Waals surface area (Å²) < 4.78 is 16.3. The highest BCUT2D eigenvalue weighted by atomic mass is 35.5. The molecule has 3 N–H and O–H groups in total. The Balaban J connectivity index is 0.866. The van der Waals surface area contributed by atoms with Crippen LogP contribution in [0.15, 0.2) is 54.6 Å². The average molecular weight is 867 g/mol. The number of carbonyl (C=O) groups excluding carboxylic acids is 6. The Morgan fingerprint density at radius 2 is 1.69 bits per heavy atom. The van der Waals surface area contributed by atoms with Gasteiger partial charge in [-0.2, -0.15) is 0 Å². The first-order valence-electron chi connectivity index (χ1n) is 21.3. The van der Waals surface area contributed by atoms with E-state index >= 15 is 4.39 Å². The SMILES string of the molecule is O=C1CCC(N2Cc3c(C#CCCC(=O)N4CCC(CC(=O)[C@@H]5NC6(CCCCC6)[C@@]6(C(=O)Nc7cc(Cl)ccc76)[C@H]5c5cccc(Cl)c5F)CC4)cccc3C2=O)C(=O)N1. The largest absolute Gasteiger partial charge is 0.343 e. The van der Waals surface area contributed by atoms with E-state index in [0.29, 0.717) is 72.6 Å². The molecular formula is C47H46Cl2FN5O6. The van der Waals surface area contributed by atoms with E-state index < -0.39 is 40.7 Å². The number of rotatable bonds is 7. The molecule has 5 aliphatic heterocycles. The number of nitrogens with zero attached hydrogens (tertiary/aromatic N) is 2. The summed E-state index contributed by atoms with van der Waals surface area (Å²) in [5.74, 6) is 3.26. The van der Waals surface area contributed by atoms with E-state index in [1.54, 1.807) is 36.4 Å². The van der Waals surface area contributed by atoms with E-state index in [9.17, 15) is 28.8 Å². The Hall–Kier alpha value is -5.09. The van der Waals surface area contributed by atoms with Crippen LogP contribution in [0, 0.1) is 23.6 Å². The van der Waals surface area contributed by atoms with Gasteiger partial charge in [-0.15, -0.1) is 0 Å². The second-order valence-electron chi connectivity index (χ2n) is 17.4. The fraction of sp³-hybridized carbons (Fsp3) is 0.447. The fourth-order valence-electron chi connectivity index (χ4n) is 11.3. The number of amides is 5. The van der Waals surface area contributed by atoms with Crippen molar-refractivity contribution in [3.05, 3.63) is 98.3 Å². The normalized spacial score (nSPS) is 25.6. The summed E-state index contributed by atoms with van der Waals surface area (Å²) in [5.41, 5.74) is 1.32. The third kappa shape index (κ3) is 7.03. The number of nitrogens with one attached hydrogen (secondary N) is 3. The van der Waals surface area contributed by atoms with Crippen LogP contribution >= 0.6 is 23.2 Å². The van der Waals surface area contributed by atoms with E-state index in [1.165, 1.54) is 11.0 Å². The highest BCUT2D eigenvalue weighted by Crippen LogP contribution is 2.63. The molecular weight excluding hydrogens is 820 g/mol. The van der Waals surface area contributed by atoms with E-state index in [1.807, 2.05) is 17.0 Å². The first kappa shape index (κ1) is 41.3. The zero-order valence-electron chi connectivity index (χ0n) is 33.6. The van der Waals surface area contributed by atoms with Crippen molar-refractivity contribution in [1.82, 2.24) is 20.4 Å². The van der Waals surface area contributed by atoms with Crippen LogP contribution in [-0.4, -0.2) is 75.8 Å². The number of piperidine rings is 2. The first-order chi connectivity index (χ1) is 29.4. The lowest BCUT2D eigenvalue weighted by atomic mass is 9.55. The second kappa shape index (κ2) is 16.3. The van der Waals surface area contributed by atoms with Crippen LogP contribution in [0.3, 0.4) is 0 Å². The van der Waals surface area contributed by atoms with Crippen molar-refractivity contribution in [2.75, 3.05) is 18.4 Å². The molecule has 316 valence electrons. The fourth-order valence-corrected chi connectivity index (χ4v) is 11.6. The second-order valence-corrected chi connectivity index (χ2v) is 18.2. The number of ketones is 1. The number of likely N-dealkylation sites (tertiary alicyclic amines) is 1. The molecule has 5 amide bonds. The summed E-state index contributed by atoms with van der Waals surface area (Å²) in [5, 5.41) is 9.53. The van der Waals surface area contributed by atoms with Gasteiger partial charge in [-0.3, -0.25) is 39.4 Å². The number of Topliss-reactive ketones (excluding diaryl/α,β-unsaturated/α-hetero) is 1. The third-order valence-electron chi connectivity index (χ3n) is 14.1. The molecule has 3 aromatic carbocycles. The quantitative estimate of drug-likeness (QED) is 0.180. The van der Waals surface area contributed by atoms with Crippen LogP contribution in [0.4, 0.5) is 10.1 Å². The van der Waals surface area contributed by atoms with Gasteiger partial charge in [-0.05, 0) is 85.0 Å². The lowest BCUT2D eigenvalue weighted by Gasteiger charge is -2.47. The summed E-state index contributed by atoms with van der Waals surface area (Å²) in [7, 11) is 0. The van der Waals surface area contributed by atoms with Crippen molar-refractivity contribution in [1.29, 1.82) is 0 Å². The molecule has 5 heterocycles. The molecule has 11 nitrogen and oxygen atoms in total. The molecule has 1 aliphatic carbocycles. The molecule has 0 radical (unpaired) electrons. The maximum absolute atomic E-state index is 16.3. The number of imide groups is 1. The van der Waals surface area contributed by atoms with E-state index in [0.717, 1.165) is 24.8 Å². The van der Waals surface area contributed by atoms with Gasteiger partial charge < -0.3 is 15.1 Å². The Morgan fingerprint density at radius 1 is 0.918 bits per heavy atom. The molecule has 2 spiro atoms. The highest BCUT2D eigenvalue weighted by Gasteiger charge is 2.72. The van der Waals surface area contributed by atoms with E-state index in [4.69, 9.17) is 23.2 Å². The van der Waals surface area contributed by atoms with Crippen LogP contribution in [-0.2, 0) is 35.9 Å². The molecule has 4 fully saturated rings. The minimum absolute atomic E-state index is 0.00650. The summed E-state index contributed by atoms with van der Waals surface area (Å²) in [6.07, 6.45) is 6.44. The molecule has 9 rings (SSSR count). The standard InChI is InChI=1S/C47H46Cl2FN5O6/c48-29-14-15-33-35(25-29)51-45(61)47(33)40(31-11-7-12-34(49)41(31)50)42(53-46(47)20-4-1-5-21-46)37(56)24-27-18-22-54(23-19-27)39(58)13-3-2-8-28-9-6-10-30-32(28)26-55(44(30)60)36-16-17-38(57)52-43(36)59/h6-7,9-12,14-15,25,27,36,40,42,53H,1,3-5,13,16-24,26H2,(H,51,61)(H,52,57,59)/t36?,40-,42-,47+/m0/s1. The molecule has 3 saturated heterocycles. The minimum atomic E-state index is -1.29. The summed E-state index contributed by atoms with van der Waals surface area (Å²) in [4.78, 5) is 83.4. The lowest BCUT2D eigenvalue weighted by Crippen LogP contribution is -2.60. The maximum atomic E-state index is 16.3. The third-order valence-corrected chi connectivity index (χ3v) is 14.6. The van der Waals surface area contributed by atoms with Gasteiger partial charge in [0.2, 0.25) is 23.6 Å². The van der Waals surface area contributed by atoms with E-state index in [2.05, 4.69) is 27.8 Å². The predicted molar refractivity (Wildman–Crippen MR) is 226 cm³/mol. The average Bonchev–Trinajstić information content (AvgIpc) is 3.84. The molecule has 14 heteroatoms. The van der Waals surface area contributed by atoms with Gasteiger partial charge in [0.25, 0.3) is 5.91 Å². The molecule has 61 heavy (non-hydrogen) atoms. The van der Waals surface area contributed by atoms with Crippen LogP contribution in [0.5, 0.6) is 0 Å². The predicted octanol–water partition coefficient (Wildman–Crippen LogP) is 6.57. The molecule has 1 unspecified atom stereocenters. The Morgan fingerprint density at radius 3 is 2.46 bits per heavy atom.